The van der Waals surface area contributed by atoms with E-state index in [4.69, 9.17) is 5.73 Å². The van der Waals surface area contributed by atoms with Gasteiger partial charge in [-0.3, -0.25) is 0 Å². The zero-order valence-corrected chi connectivity index (χ0v) is 12.3. The van der Waals surface area contributed by atoms with Gasteiger partial charge in [-0.1, -0.05) is 26.8 Å². The number of benzene rings is 1. The molecule has 2 N–H and O–H groups in total. The zero-order chi connectivity index (χ0) is 14.7. The van der Waals surface area contributed by atoms with Crippen LogP contribution in [-0.2, 0) is 6.42 Å². The number of nitrogens with two attached hydrogens (primary N) is 1. The van der Waals surface area contributed by atoms with Crippen LogP contribution >= 0.6 is 0 Å². The first-order chi connectivity index (χ1) is 9.52. The van der Waals surface area contributed by atoms with Gasteiger partial charge in [0.2, 0.25) is 0 Å². The lowest BCUT2D eigenvalue weighted by molar-refractivity contribution is 0.574. The fourth-order valence-electron chi connectivity index (χ4n) is 2.15. The Balaban J connectivity index is 2.42. The molecule has 0 aliphatic heterocycles. The first-order valence-corrected chi connectivity index (χ1v) is 7.11. The fraction of sp³-hybridized carbons (Fsp3) is 0.438. The molecule has 1 unspecified atom stereocenters. The van der Waals surface area contributed by atoms with Crippen molar-refractivity contribution in [3.05, 3.63) is 47.5 Å². The topological polar surface area (TPSA) is 43.8 Å². The van der Waals surface area contributed by atoms with Crippen LogP contribution in [0, 0.1) is 5.82 Å². The highest BCUT2D eigenvalue weighted by atomic mass is 19.1. The first-order valence-electron chi connectivity index (χ1n) is 7.11. The van der Waals surface area contributed by atoms with Crippen molar-refractivity contribution >= 4 is 0 Å². The van der Waals surface area contributed by atoms with Gasteiger partial charge in [0.15, 0.2) is 0 Å². The molecule has 1 aromatic heterocycles. The average Bonchev–Trinajstić information content (AvgIpc) is 2.90. The van der Waals surface area contributed by atoms with Crippen LogP contribution in [0.4, 0.5) is 4.39 Å². The minimum Gasteiger partial charge on any atom is -0.327 e. The lowest BCUT2D eigenvalue weighted by Crippen LogP contribution is -2.23. The van der Waals surface area contributed by atoms with Crippen molar-refractivity contribution in [2.24, 2.45) is 5.73 Å². The van der Waals surface area contributed by atoms with E-state index in [0.717, 1.165) is 17.8 Å². The van der Waals surface area contributed by atoms with Gasteiger partial charge in [-0.2, -0.15) is 5.10 Å². The highest BCUT2D eigenvalue weighted by molar-refractivity contribution is 5.42. The number of halogens is 1. The molecule has 2 aromatic rings. The molecule has 0 saturated carbocycles. The van der Waals surface area contributed by atoms with Crippen LogP contribution in [0.5, 0.6) is 0 Å². The molecule has 3 nitrogen and oxygen atoms in total. The van der Waals surface area contributed by atoms with Crippen LogP contribution < -0.4 is 5.73 Å². The smallest absolute Gasteiger partial charge is 0.128 e. The van der Waals surface area contributed by atoms with Crippen molar-refractivity contribution < 1.29 is 4.39 Å². The van der Waals surface area contributed by atoms with Crippen molar-refractivity contribution in [2.75, 3.05) is 0 Å². The zero-order valence-electron chi connectivity index (χ0n) is 12.3. The van der Waals surface area contributed by atoms with E-state index in [1.807, 2.05) is 25.3 Å². The quantitative estimate of drug-likeness (QED) is 0.908. The second-order valence-corrected chi connectivity index (χ2v) is 5.45. The minimum atomic E-state index is -0.215. The summed E-state index contributed by atoms with van der Waals surface area (Å²) in [6.07, 6.45) is 3.23. The van der Waals surface area contributed by atoms with Gasteiger partial charge in [-0.25, -0.2) is 9.07 Å². The molecule has 2 rings (SSSR count). The number of hydrogen-bond acceptors (Lipinski definition) is 2. The molecular formula is C16H22FN3. The Morgan fingerprint density at radius 3 is 2.65 bits per heavy atom. The molecule has 4 heteroatoms. The Morgan fingerprint density at radius 1 is 1.30 bits per heavy atom. The highest BCUT2D eigenvalue weighted by Gasteiger charge is 2.14. The molecule has 1 aromatic carbocycles. The standard InChI is InChI=1S/C16H22FN3/c1-4-12(18)10-13-14(17)6-5-7-16(13)20-9-8-15(19-20)11(2)3/h5-9,11-12H,4,10,18H2,1-3H3. The van der Waals surface area contributed by atoms with Gasteiger partial charge in [0.05, 0.1) is 11.4 Å². The van der Waals surface area contributed by atoms with Gasteiger partial charge in [0, 0.05) is 17.8 Å². The molecule has 0 saturated heterocycles. The Bertz CT molecular complexity index is 575. The maximum absolute atomic E-state index is 14.1. The van der Waals surface area contributed by atoms with Crippen molar-refractivity contribution in [3.8, 4) is 5.69 Å². The van der Waals surface area contributed by atoms with Crippen LogP contribution in [0.3, 0.4) is 0 Å². The van der Waals surface area contributed by atoms with Crippen molar-refractivity contribution in [2.45, 2.75) is 45.6 Å². The van der Waals surface area contributed by atoms with Crippen molar-refractivity contribution in [1.82, 2.24) is 9.78 Å². The Kier molecular flexibility index (Phi) is 4.55. The summed E-state index contributed by atoms with van der Waals surface area (Å²) in [7, 11) is 0. The largest absolute Gasteiger partial charge is 0.327 e. The summed E-state index contributed by atoms with van der Waals surface area (Å²) in [6.45, 7) is 6.19. The third-order valence-electron chi connectivity index (χ3n) is 3.53. The van der Waals surface area contributed by atoms with E-state index >= 15 is 0 Å². The van der Waals surface area contributed by atoms with Crippen LogP contribution in [0.1, 0.15) is 44.4 Å². The van der Waals surface area contributed by atoms with Crippen molar-refractivity contribution in [1.29, 1.82) is 0 Å². The fourth-order valence-corrected chi connectivity index (χ4v) is 2.15. The predicted molar refractivity (Wildman–Crippen MR) is 79.6 cm³/mol. The summed E-state index contributed by atoms with van der Waals surface area (Å²) in [5.41, 5.74) is 8.40. The number of aromatic nitrogens is 2. The molecule has 1 atom stereocenters. The predicted octanol–water partition coefficient (Wildman–Crippen LogP) is 3.41. The molecule has 108 valence electrons. The van der Waals surface area contributed by atoms with Gasteiger partial charge >= 0.3 is 0 Å². The summed E-state index contributed by atoms with van der Waals surface area (Å²) in [6, 6.07) is 7.01. The summed E-state index contributed by atoms with van der Waals surface area (Å²) in [4.78, 5) is 0. The van der Waals surface area contributed by atoms with E-state index < -0.39 is 0 Å². The average molecular weight is 275 g/mol. The number of nitrogens with zero attached hydrogens (tertiary/aromatic N) is 2. The second kappa shape index (κ2) is 6.18. The van der Waals surface area contributed by atoms with Gasteiger partial charge in [-0.05, 0) is 37.0 Å². The van der Waals surface area contributed by atoms with E-state index in [9.17, 15) is 4.39 Å². The van der Waals surface area contributed by atoms with E-state index in [1.165, 1.54) is 6.07 Å². The van der Waals surface area contributed by atoms with Crippen LogP contribution in [0.2, 0.25) is 0 Å². The molecule has 0 aliphatic rings. The van der Waals surface area contributed by atoms with E-state index in [-0.39, 0.29) is 11.9 Å². The third-order valence-corrected chi connectivity index (χ3v) is 3.53. The Morgan fingerprint density at radius 2 is 2.05 bits per heavy atom. The normalized spacial score (nSPS) is 12.9. The molecule has 0 aliphatic carbocycles. The van der Waals surface area contributed by atoms with Gasteiger partial charge in [0.1, 0.15) is 5.82 Å². The second-order valence-electron chi connectivity index (χ2n) is 5.45. The van der Waals surface area contributed by atoms with E-state index in [0.29, 0.717) is 17.9 Å². The Hall–Kier alpha value is -1.68. The van der Waals surface area contributed by atoms with Crippen LogP contribution in [0.15, 0.2) is 30.5 Å². The molecular weight excluding hydrogens is 253 g/mol. The third kappa shape index (κ3) is 3.07. The first kappa shape index (κ1) is 14.7. The maximum Gasteiger partial charge on any atom is 0.128 e. The van der Waals surface area contributed by atoms with Crippen LogP contribution in [-0.4, -0.2) is 15.8 Å². The SMILES string of the molecule is CCC(N)Cc1c(F)cccc1-n1ccc(C(C)C)n1. The van der Waals surface area contributed by atoms with Gasteiger partial charge in [0.25, 0.3) is 0 Å². The summed E-state index contributed by atoms with van der Waals surface area (Å²) >= 11 is 0. The Labute approximate surface area is 119 Å². The summed E-state index contributed by atoms with van der Waals surface area (Å²) in [5.74, 6) is 0.138. The van der Waals surface area contributed by atoms with Crippen LogP contribution in [0.25, 0.3) is 5.69 Å². The molecule has 1 heterocycles. The lowest BCUT2D eigenvalue weighted by Gasteiger charge is -2.14. The molecule has 0 radical (unpaired) electrons. The van der Waals surface area contributed by atoms with Gasteiger partial charge < -0.3 is 5.73 Å². The summed E-state index contributed by atoms with van der Waals surface area (Å²) < 4.78 is 15.8. The minimum absolute atomic E-state index is 0.0363. The monoisotopic (exact) mass is 275 g/mol. The maximum atomic E-state index is 14.1. The molecule has 0 spiro atoms. The number of hydrogen-bond donors (Lipinski definition) is 1. The highest BCUT2D eigenvalue weighted by Crippen LogP contribution is 2.21. The number of rotatable bonds is 5. The molecule has 0 amide bonds. The summed E-state index contributed by atoms with van der Waals surface area (Å²) in [5, 5.41) is 4.52. The van der Waals surface area contributed by atoms with E-state index in [2.05, 4.69) is 18.9 Å². The lowest BCUT2D eigenvalue weighted by atomic mass is 10.0. The molecule has 20 heavy (non-hydrogen) atoms. The van der Waals surface area contributed by atoms with Crippen molar-refractivity contribution in [3.63, 3.8) is 0 Å². The van der Waals surface area contributed by atoms with Gasteiger partial charge in [-0.15, -0.1) is 0 Å². The molecule has 0 fully saturated rings. The molecule has 0 bridgehead atoms. The van der Waals surface area contributed by atoms with E-state index in [1.54, 1.807) is 10.7 Å².